The van der Waals surface area contributed by atoms with E-state index in [1.54, 1.807) is 36.2 Å². The Kier molecular flexibility index (Phi) is 4.39. The average Bonchev–Trinajstić information content (AvgIpc) is 3.18. The lowest BCUT2D eigenvalue weighted by molar-refractivity contribution is -0.132. The molecule has 0 radical (unpaired) electrons. The molecule has 1 aromatic carbocycles. The molecule has 1 aliphatic carbocycles. The molecule has 0 bridgehead atoms. The number of amides is 1. The van der Waals surface area contributed by atoms with Gasteiger partial charge in [-0.2, -0.15) is 0 Å². The minimum atomic E-state index is -0.946. The van der Waals surface area contributed by atoms with Crippen molar-refractivity contribution < 1.29 is 19.4 Å². The van der Waals surface area contributed by atoms with Crippen molar-refractivity contribution in [1.82, 2.24) is 4.90 Å². The van der Waals surface area contributed by atoms with Gasteiger partial charge in [0.1, 0.15) is 0 Å². The maximum Gasteiger partial charge on any atom is 0.335 e. The van der Waals surface area contributed by atoms with Gasteiger partial charge in [0.2, 0.25) is 5.91 Å². The molecule has 1 aromatic rings. The van der Waals surface area contributed by atoms with Crippen LogP contribution in [0.25, 0.3) is 0 Å². The smallest absolute Gasteiger partial charge is 0.335 e. The average molecular weight is 277 g/mol. The van der Waals surface area contributed by atoms with Gasteiger partial charge in [0.25, 0.3) is 0 Å². The molecular formula is C15H19NO4. The molecule has 2 rings (SSSR count). The van der Waals surface area contributed by atoms with Crippen LogP contribution in [0.1, 0.15) is 29.3 Å². The van der Waals surface area contributed by atoms with Crippen LogP contribution in [0.15, 0.2) is 24.3 Å². The monoisotopic (exact) mass is 277 g/mol. The molecule has 1 fully saturated rings. The van der Waals surface area contributed by atoms with Gasteiger partial charge in [-0.15, -0.1) is 0 Å². The van der Waals surface area contributed by atoms with Gasteiger partial charge < -0.3 is 14.7 Å². The Morgan fingerprint density at radius 3 is 2.55 bits per heavy atom. The second kappa shape index (κ2) is 6.05. The molecule has 1 saturated carbocycles. The highest BCUT2D eigenvalue weighted by Crippen LogP contribution is 2.35. The van der Waals surface area contributed by atoms with Gasteiger partial charge in [0.05, 0.1) is 17.6 Å². The zero-order chi connectivity index (χ0) is 14.7. The Morgan fingerprint density at radius 2 is 2.00 bits per heavy atom. The van der Waals surface area contributed by atoms with E-state index in [9.17, 15) is 9.59 Å². The van der Waals surface area contributed by atoms with Crippen molar-refractivity contribution in [2.45, 2.75) is 26.0 Å². The number of carbonyl (C=O) groups excluding carboxylic acids is 1. The highest BCUT2D eigenvalue weighted by atomic mass is 16.5. The molecule has 1 N–H and O–H groups in total. The molecule has 0 aromatic heterocycles. The molecule has 0 saturated heterocycles. The maximum absolute atomic E-state index is 12.1. The number of carboxylic acid groups (broad SMARTS) is 1. The SMILES string of the molecule is CCO[C@@H]1C[C@H]1C(=O)N(C)Cc1ccc(C(=O)O)cc1. The summed E-state index contributed by atoms with van der Waals surface area (Å²) in [7, 11) is 1.76. The van der Waals surface area contributed by atoms with Crippen molar-refractivity contribution in [3.8, 4) is 0 Å². The minimum absolute atomic E-state index is 0.0155. The number of rotatable bonds is 6. The lowest BCUT2D eigenvalue weighted by atomic mass is 10.1. The van der Waals surface area contributed by atoms with E-state index in [4.69, 9.17) is 9.84 Å². The van der Waals surface area contributed by atoms with E-state index in [0.717, 1.165) is 12.0 Å². The molecule has 0 spiro atoms. The summed E-state index contributed by atoms with van der Waals surface area (Å²) in [4.78, 5) is 24.5. The Morgan fingerprint density at radius 1 is 1.35 bits per heavy atom. The van der Waals surface area contributed by atoms with E-state index < -0.39 is 5.97 Å². The number of nitrogens with zero attached hydrogens (tertiary/aromatic N) is 1. The van der Waals surface area contributed by atoms with E-state index in [2.05, 4.69) is 0 Å². The summed E-state index contributed by atoms with van der Waals surface area (Å²) < 4.78 is 5.42. The number of carbonyl (C=O) groups is 2. The minimum Gasteiger partial charge on any atom is -0.478 e. The van der Waals surface area contributed by atoms with E-state index in [1.807, 2.05) is 6.92 Å². The van der Waals surface area contributed by atoms with Crippen LogP contribution in [0.5, 0.6) is 0 Å². The van der Waals surface area contributed by atoms with Crippen LogP contribution in [0.3, 0.4) is 0 Å². The van der Waals surface area contributed by atoms with Gasteiger partial charge in [-0.3, -0.25) is 4.79 Å². The van der Waals surface area contributed by atoms with Crippen molar-refractivity contribution in [2.75, 3.05) is 13.7 Å². The summed E-state index contributed by atoms with van der Waals surface area (Å²) in [5.41, 5.74) is 1.17. The van der Waals surface area contributed by atoms with Gasteiger partial charge in [0.15, 0.2) is 0 Å². The van der Waals surface area contributed by atoms with E-state index >= 15 is 0 Å². The molecule has 20 heavy (non-hydrogen) atoms. The lowest BCUT2D eigenvalue weighted by Crippen LogP contribution is -2.28. The topological polar surface area (TPSA) is 66.8 Å². The van der Waals surface area contributed by atoms with Crippen molar-refractivity contribution in [3.63, 3.8) is 0 Å². The first-order chi connectivity index (χ1) is 9.52. The number of carboxylic acids is 1. The molecule has 2 atom stereocenters. The van der Waals surface area contributed by atoms with Crippen molar-refractivity contribution in [2.24, 2.45) is 5.92 Å². The predicted octanol–water partition coefficient (Wildman–Crippen LogP) is 1.77. The highest BCUT2D eigenvalue weighted by Gasteiger charge is 2.45. The molecule has 0 unspecified atom stereocenters. The number of aromatic carboxylic acids is 1. The van der Waals surface area contributed by atoms with Gasteiger partial charge in [-0.25, -0.2) is 4.79 Å². The van der Waals surface area contributed by atoms with Crippen molar-refractivity contribution in [3.05, 3.63) is 35.4 Å². The summed E-state index contributed by atoms with van der Waals surface area (Å²) in [6.07, 6.45) is 0.874. The van der Waals surface area contributed by atoms with Crippen LogP contribution in [0.2, 0.25) is 0 Å². The number of benzene rings is 1. The first-order valence-corrected chi connectivity index (χ1v) is 6.71. The van der Waals surface area contributed by atoms with Crippen LogP contribution in [0.4, 0.5) is 0 Å². The second-order valence-electron chi connectivity index (χ2n) is 5.03. The number of hydrogen-bond donors (Lipinski definition) is 1. The third-order valence-corrected chi connectivity index (χ3v) is 3.43. The molecule has 1 amide bonds. The molecular weight excluding hydrogens is 258 g/mol. The van der Waals surface area contributed by atoms with Crippen LogP contribution in [-0.4, -0.2) is 41.6 Å². The molecule has 1 aliphatic rings. The first-order valence-electron chi connectivity index (χ1n) is 6.71. The Labute approximate surface area is 118 Å². The van der Waals surface area contributed by atoms with Gasteiger partial charge in [0, 0.05) is 20.2 Å². The highest BCUT2D eigenvalue weighted by molar-refractivity contribution is 5.87. The summed E-state index contributed by atoms with van der Waals surface area (Å²) in [6, 6.07) is 6.58. The standard InChI is InChI=1S/C15H19NO4/c1-3-20-13-8-12(13)14(17)16(2)9-10-4-6-11(7-5-10)15(18)19/h4-7,12-13H,3,8-9H2,1-2H3,(H,18,19)/t12-,13-/m1/s1. The largest absolute Gasteiger partial charge is 0.478 e. The van der Waals surface area contributed by atoms with Crippen LogP contribution >= 0.6 is 0 Å². The zero-order valence-corrected chi connectivity index (χ0v) is 11.7. The Hall–Kier alpha value is -1.88. The fourth-order valence-corrected chi connectivity index (χ4v) is 2.22. The predicted molar refractivity (Wildman–Crippen MR) is 73.4 cm³/mol. The molecule has 0 aliphatic heterocycles. The van der Waals surface area contributed by atoms with Crippen LogP contribution in [0, 0.1) is 5.92 Å². The van der Waals surface area contributed by atoms with E-state index in [0.29, 0.717) is 13.2 Å². The molecule has 5 nitrogen and oxygen atoms in total. The molecule has 108 valence electrons. The van der Waals surface area contributed by atoms with Gasteiger partial charge >= 0.3 is 5.97 Å². The molecule has 0 heterocycles. The Balaban J connectivity index is 1.89. The van der Waals surface area contributed by atoms with E-state index in [1.165, 1.54) is 0 Å². The third kappa shape index (κ3) is 3.36. The maximum atomic E-state index is 12.1. The summed E-state index contributed by atoms with van der Waals surface area (Å²) in [6.45, 7) is 3.04. The first kappa shape index (κ1) is 14.5. The van der Waals surface area contributed by atoms with Gasteiger partial charge in [-0.1, -0.05) is 12.1 Å². The summed E-state index contributed by atoms with van der Waals surface area (Å²) >= 11 is 0. The van der Waals surface area contributed by atoms with E-state index in [-0.39, 0.29) is 23.5 Å². The fraction of sp³-hybridized carbons (Fsp3) is 0.467. The van der Waals surface area contributed by atoms with Crippen molar-refractivity contribution in [1.29, 1.82) is 0 Å². The quantitative estimate of drug-likeness (QED) is 0.860. The second-order valence-corrected chi connectivity index (χ2v) is 5.03. The van der Waals surface area contributed by atoms with Gasteiger partial charge in [-0.05, 0) is 31.0 Å². The fourth-order valence-electron chi connectivity index (χ4n) is 2.22. The van der Waals surface area contributed by atoms with Crippen molar-refractivity contribution >= 4 is 11.9 Å². The third-order valence-electron chi connectivity index (χ3n) is 3.43. The van der Waals surface area contributed by atoms with Crippen LogP contribution in [-0.2, 0) is 16.1 Å². The molecule has 5 heteroatoms. The lowest BCUT2D eigenvalue weighted by Gasteiger charge is -2.17. The number of ether oxygens (including phenoxy) is 1. The summed E-state index contributed by atoms with van der Waals surface area (Å²) in [5, 5.41) is 8.83. The normalized spacial score (nSPS) is 20.5. The number of hydrogen-bond acceptors (Lipinski definition) is 3. The zero-order valence-electron chi connectivity index (χ0n) is 11.7. The summed E-state index contributed by atoms with van der Waals surface area (Å²) in [5.74, 6) is -0.873. The van der Waals surface area contributed by atoms with Crippen LogP contribution < -0.4 is 0 Å². The Bertz CT molecular complexity index is 497.